The predicted molar refractivity (Wildman–Crippen MR) is 87.6 cm³/mol. The maximum atomic E-state index is 12.5. The van der Waals surface area contributed by atoms with Crippen LogP contribution in [0, 0.1) is 10.8 Å². The zero-order valence-corrected chi connectivity index (χ0v) is 14.5. The molecule has 0 aromatic rings. The van der Waals surface area contributed by atoms with Gasteiger partial charge >= 0.3 is 5.97 Å². The molecule has 3 N–H and O–H groups in total. The summed E-state index contributed by atoms with van der Waals surface area (Å²) >= 11 is 0. The number of ether oxygens (including phenoxy) is 1. The van der Waals surface area contributed by atoms with Gasteiger partial charge in [-0.1, -0.05) is 13.8 Å². The van der Waals surface area contributed by atoms with Crippen LogP contribution in [-0.4, -0.2) is 60.1 Å². The van der Waals surface area contributed by atoms with E-state index in [1.165, 1.54) is 0 Å². The van der Waals surface area contributed by atoms with Crippen LogP contribution in [0.2, 0.25) is 0 Å². The number of amidine groups is 1. The summed E-state index contributed by atoms with van der Waals surface area (Å²) in [7, 11) is 1.59. The van der Waals surface area contributed by atoms with Crippen molar-refractivity contribution in [3.8, 4) is 0 Å². The second kappa shape index (κ2) is 8.29. The normalized spacial score (nSPS) is 20.0. The number of nitrogens with zero attached hydrogens (tertiary/aromatic N) is 1. The summed E-state index contributed by atoms with van der Waals surface area (Å²) in [6, 6.07) is -0.509. The molecule has 23 heavy (non-hydrogen) atoms. The lowest BCUT2D eigenvalue weighted by Gasteiger charge is -2.43. The maximum absolute atomic E-state index is 12.5. The molecule has 0 aromatic heterocycles. The number of methoxy groups -OCH3 is 1. The van der Waals surface area contributed by atoms with Gasteiger partial charge in [0.1, 0.15) is 6.04 Å². The monoisotopic (exact) mass is 327 g/mol. The third-order valence-electron chi connectivity index (χ3n) is 4.26. The lowest BCUT2D eigenvalue weighted by Crippen LogP contribution is -2.55. The number of hydrogen-bond acceptors (Lipinski definition) is 4. The highest BCUT2D eigenvalue weighted by molar-refractivity contribution is 5.89. The summed E-state index contributed by atoms with van der Waals surface area (Å²) in [5.41, 5.74) is 0.0421. The molecule has 7 nitrogen and oxygen atoms in total. The highest BCUT2D eigenvalue weighted by Crippen LogP contribution is 2.31. The first kappa shape index (κ1) is 19.4. The minimum atomic E-state index is -0.945. The zero-order chi connectivity index (χ0) is 17.6. The van der Waals surface area contributed by atoms with Crippen molar-refractivity contribution in [2.45, 2.75) is 58.6 Å². The molecule has 7 heteroatoms. The molecule has 2 unspecified atom stereocenters. The standard InChI is InChI=1S/C16H29N3O4/c1-11(23-4)9-12(15(22)18-8-6-14(20)21)19-10-16(2,3)7-5-13(19)17/h11-12,17H,5-10H2,1-4H3,(H,18,22)(H,20,21). The Kier molecular flexibility index (Phi) is 7.00. The Morgan fingerprint density at radius 2 is 2.13 bits per heavy atom. The highest BCUT2D eigenvalue weighted by Gasteiger charge is 2.36. The number of likely N-dealkylation sites (tertiary alicyclic amines) is 1. The second-order valence-corrected chi connectivity index (χ2v) is 6.97. The number of carbonyl (C=O) groups excluding carboxylic acids is 1. The van der Waals surface area contributed by atoms with Crippen LogP contribution in [-0.2, 0) is 14.3 Å². The Labute approximate surface area is 137 Å². The number of carbonyl (C=O) groups is 2. The summed E-state index contributed by atoms with van der Waals surface area (Å²) in [5.74, 6) is -0.720. The average molecular weight is 327 g/mol. The fraction of sp³-hybridized carbons (Fsp3) is 0.812. The lowest BCUT2D eigenvalue weighted by atomic mass is 9.82. The quantitative estimate of drug-likeness (QED) is 0.626. The van der Waals surface area contributed by atoms with E-state index in [4.69, 9.17) is 15.3 Å². The Morgan fingerprint density at radius 1 is 1.48 bits per heavy atom. The molecule has 2 atom stereocenters. The average Bonchev–Trinajstić information content (AvgIpc) is 2.46. The summed E-state index contributed by atoms with van der Waals surface area (Å²) in [6.45, 7) is 6.88. The van der Waals surface area contributed by atoms with Crippen LogP contribution in [0.4, 0.5) is 0 Å². The molecular weight excluding hydrogens is 298 g/mol. The molecular formula is C16H29N3O4. The Bertz CT molecular complexity index is 451. The minimum absolute atomic E-state index is 0.0421. The second-order valence-electron chi connectivity index (χ2n) is 6.97. The van der Waals surface area contributed by atoms with Gasteiger partial charge in [-0.05, 0) is 18.8 Å². The van der Waals surface area contributed by atoms with Crippen molar-refractivity contribution < 1.29 is 19.4 Å². The van der Waals surface area contributed by atoms with Crippen LogP contribution < -0.4 is 5.32 Å². The summed E-state index contributed by atoms with van der Waals surface area (Å²) < 4.78 is 5.28. The van der Waals surface area contributed by atoms with Gasteiger partial charge in [-0.3, -0.25) is 15.0 Å². The van der Waals surface area contributed by atoms with Gasteiger partial charge in [-0.25, -0.2) is 0 Å². The molecule has 1 fully saturated rings. The van der Waals surface area contributed by atoms with E-state index >= 15 is 0 Å². The molecule has 0 aromatic carbocycles. The van der Waals surface area contributed by atoms with Crippen molar-refractivity contribution in [3.05, 3.63) is 0 Å². The van der Waals surface area contributed by atoms with Crippen LogP contribution >= 0.6 is 0 Å². The number of aliphatic carboxylic acids is 1. The Balaban J connectivity index is 2.83. The predicted octanol–water partition coefficient (Wildman–Crippen LogP) is 1.47. The van der Waals surface area contributed by atoms with Crippen molar-refractivity contribution in [3.63, 3.8) is 0 Å². The Hall–Kier alpha value is -1.63. The van der Waals surface area contributed by atoms with Gasteiger partial charge in [0.25, 0.3) is 0 Å². The molecule has 1 amide bonds. The third-order valence-corrected chi connectivity index (χ3v) is 4.26. The van der Waals surface area contributed by atoms with Crippen molar-refractivity contribution in [2.24, 2.45) is 5.41 Å². The van der Waals surface area contributed by atoms with E-state index in [1.54, 1.807) is 7.11 Å². The van der Waals surface area contributed by atoms with E-state index in [2.05, 4.69) is 19.2 Å². The number of nitrogens with one attached hydrogen (secondary N) is 2. The van der Waals surface area contributed by atoms with Crippen LogP contribution in [0.5, 0.6) is 0 Å². The molecule has 0 bridgehead atoms. The first-order valence-electron chi connectivity index (χ1n) is 8.02. The topological polar surface area (TPSA) is 103 Å². The van der Waals surface area contributed by atoms with Crippen LogP contribution in [0.25, 0.3) is 0 Å². The molecule has 1 aliphatic rings. The van der Waals surface area contributed by atoms with Crippen LogP contribution in [0.1, 0.15) is 46.5 Å². The van der Waals surface area contributed by atoms with Crippen LogP contribution in [0.3, 0.4) is 0 Å². The van der Waals surface area contributed by atoms with Gasteiger partial charge in [-0.2, -0.15) is 0 Å². The highest BCUT2D eigenvalue weighted by atomic mass is 16.5. The SMILES string of the molecule is COC(C)CC(C(=O)NCCC(=O)O)N1CC(C)(C)CCC1=N. The summed E-state index contributed by atoms with van der Waals surface area (Å²) in [6.07, 6.45) is 1.81. The maximum Gasteiger partial charge on any atom is 0.305 e. The molecule has 1 saturated heterocycles. The number of carboxylic acid groups (broad SMARTS) is 1. The zero-order valence-electron chi connectivity index (χ0n) is 14.5. The first-order chi connectivity index (χ1) is 10.7. The van der Waals surface area contributed by atoms with Crippen molar-refractivity contribution in [1.82, 2.24) is 10.2 Å². The number of carboxylic acids is 1. The van der Waals surface area contributed by atoms with E-state index in [1.807, 2.05) is 11.8 Å². The van der Waals surface area contributed by atoms with Crippen molar-refractivity contribution >= 4 is 17.7 Å². The summed E-state index contributed by atoms with van der Waals surface area (Å²) in [5, 5.41) is 19.6. The molecule has 1 rings (SSSR count). The fourth-order valence-electron chi connectivity index (χ4n) is 2.73. The smallest absolute Gasteiger partial charge is 0.305 e. The number of amides is 1. The molecule has 0 spiro atoms. The van der Waals surface area contributed by atoms with Gasteiger partial charge in [0.15, 0.2) is 0 Å². The van der Waals surface area contributed by atoms with Crippen LogP contribution in [0.15, 0.2) is 0 Å². The number of rotatable bonds is 8. The van der Waals surface area contributed by atoms with Crippen molar-refractivity contribution in [1.29, 1.82) is 5.41 Å². The van der Waals surface area contributed by atoms with Gasteiger partial charge in [-0.15, -0.1) is 0 Å². The minimum Gasteiger partial charge on any atom is -0.481 e. The van der Waals surface area contributed by atoms with Gasteiger partial charge in [0.05, 0.1) is 18.4 Å². The molecule has 1 heterocycles. The van der Waals surface area contributed by atoms with Gasteiger partial charge < -0.3 is 20.1 Å². The number of piperidine rings is 1. The molecule has 1 aliphatic heterocycles. The lowest BCUT2D eigenvalue weighted by molar-refractivity contribution is -0.137. The fourth-order valence-corrected chi connectivity index (χ4v) is 2.73. The molecule has 0 aliphatic carbocycles. The first-order valence-corrected chi connectivity index (χ1v) is 8.02. The van der Waals surface area contributed by atoms with E-state index in [9.17, 15) is 9.59 Å². The van der Waals surface area contributed by atoms with E-state index in [-0.39, 0.29) is 30.4 Å². The summed E-state index contributed by atoms with van der Waals surface area (Å²) in [4.78, 5) is 25.0. The van der Waals surface area contributed by atoms with Gasteiger partial charge in [0.2, 0.25) is 5.91 Å². The van der Waals surface area contributed by atoms with Crippen molar-refractivity contribution in [2.75, 3.05) is 20.2 Å². The molecule has 132 valence electrons. The largest absolute Gasteiger partial charge is 0.481 e. The molecule has 0 saturated carbocycles. The van der Waals surface area contributed by atoms with Gasteiger partial charge in [0, 0.05) is 33.0 Å². The van der Waals surface area contributed by atoms with E-state index in [0.29, 0.717) is 25.2 Å². The Morgan fingerprint density at radius 3 is 2.70 bits per heavy atom. The number of hydrogen-bond donors (Lipinski definition) is 3. The third kappa shape index (κ3) is 6.17. The van der Waals surface area contributed by atoms with E-state index < -0.39 is 12.0 Å². The van der Waals surface area contributed by atoms with E-state index in [0.717, 1.165) is 6.42 Å². The molecule has 0 radical (unpaired) electrons.